The van der Waals surface area contributed by atoms with Gasteiger partial charge in [0.25, 0.3) is 10.0 Å². The van der Waals surface area contributed by atoms with Crippen molar-refractivity contribution in [2.45, 2.75) is 11.8 Å². The fourth-order valence-corrected chi connectivity index (χ4v) is 4.13. The Balaban J connectivity index is 1.53. The minimum atomic E-state index is -4.07. The van der Waals surface area contributed by atoms with Crippen LogP contribution in [0.5, 0.6) is 17.4 Å². The van der Waals surface area contributed by atoms with E-state index in [2.05, 4.69) is 19.7 Å². The van der Waals surface area contributed by atoms with Crippen LogP contribution in [0.25, 0.3) is 5.82 Å². The summed E-state index contributed by atoms with van der Waals surface area (Å²) in [4.78, 5) is 12.3. The van der Waals surface area contributed by atoms with Crippen molar-refractivity contribution in [3.05, 3.63) is 78.9 Å². The number of rotatable bonds is 7. The average Bonchev–Trinajstić information content (AvgIpc) is 3.30. The summed E-state index contributed by atoms with van der Waals surface area (Å²) in [6.07, 6.45) is 5.00. The fourth-order valence-electron chi connectivity index (χ4n) is 2.89. The summed E-state index contributed by atoms with van der Waals surface area (Å²) in [6, 6.07) is 11.1. The van der Waals surface area contributed by atoms with E-state index in [1.54, 1.807) is 48.4 Å². The van der Waals surface area contributed by atoms with Crippen LogP contribution < -0.4 is 14.2 Å². The molecule has 9 nitrogen and oxygen atoms in total. The van der Waals surface area contributed by atoms with Crippen molar-refractivity contribution in [3.8, 4) is 23.2 Å². The van der Waals surface area contributed by atoms with E-state index < -0.39 is 15.8 Å². The number of anilines is 1. The molecule has 0 aliphatic carbocycles. The normalized spacial score (nSPS) is 11.2. The SMILES string of the molecule is COc1ccc(F)cc1S(=O)(=O)Nc1ccc(Oc2cc(-n3ccnc3)nc(C)n2)cc1. The van der Waals surface area contributed by atoms with Crippen LogP contribution >= 0.6 is 0 Å². The molecule has 2 heterocycles. The van der Waals surface area contributed by atoms with Gasteiger partial charge < -0.3 is 9.47 Å². The van der Waals surface area contributed by atoms with Gasteiger partial charge in [0.2, 0.25) is 5.88 Å². The number of ether oxygens (including phenoxy) is 2. The molecule has 0 saturated heterocycles. The number of halogens is 1. The van der Waals surface area contributed by atoms with E-state index >= 15 is 0 Å². The van der Waals surface area contributed by atoms with E-state index in [0.717, 1.165) is 12.1 Å². The van der Waals surface area contributed by atoms with Crippen LogP contribution in [0.2, 0.25) is 0 Å². The molecule has 1 N–H and O–H groups in total. The second-order valence-corrected chi connectivity index (χ2v) is 8.26. The van der Waals surface area contributed by atoms with Crippen LogP contribution in [-0.4, -0.2) is 35.0 Å². The van der Waals surface area contributed by atoms with Gasteiger partial charge in [-0.2, -0.15) is 4.98 Å². The Hall–Kier alpha value is -3.99. The Morgan fingerprint density at radius 2 is 1.84 bits per heavy atom. The minimum Gasteiger partial charge on any atom is -0.495 e. The smallest absolute Gasteiger partial charge is 0.265 e. The lowest BCUT2D eigenvalue weighted by Crippen LogP contribution is -2.14. The summed E-state index contributed by atoms with van der Waals surface area (Å²) in [7, 11) is -2.76. The third-order valence-corrected chi connectivity index (χ3v) is 5.72. The summed E-state index contributed by atoms with van der Waals surface area (Å²) in [6.45, 7) is 1.74. The lowest BCUT2D eigenvalue weighted by molar-refractivity contribution is 0.401. The van der Waals surface area contributed by atoms with E-state index in [1.807, 2.05) is 0 Å². The Labute approximate surface area is 183 Å². The van der Waals surface area contributed by atoms with Gasteiger partial charge in [-0.1, -0.05) is 0 Å². The van der Waals surface area contributed by atoms with Crippen LogP contribution in [0.15, 0.2) is 72.1 Å². The molecule has 0 radical (unpaired) electrons. The van der Waals surface area contributed by atoms with Gasteiger partial charge in [-0.15, -0.1) is 0 Å². The Morgan fingerprint density at radius 3 is 2.53 bits per heavy atom. The molecule has 0 spiro atoms. The second kappa shape index (κ2) is 8.63. The quantitative estimate of drug-likeness (QED) is 0.452. The molecule has 0 atom stereocenters. The molecule has 11 heteroatoms. The van der Waals surface area contributed by atoms with Crippen molar-refractivity contribution in [2.75, 3.05) is 11.8 Å². The second-order valence-electron chi connectivity index (χ2n) is 6.61. The highest BCUT2D eigenvalue weighted by Gasteiger charge is 2.20. The van der Waals surface area contributed by atoms with Gasteiger partial charge >= 0.3 is 0 Å². The summed E-state index contributed by atoms with van der Waals surface area (Å²) >= 11 is 0. The number of benzene rings is 2. The average molecular weight is 455 g/mol. The topological polar surface area (TPSA) is 108 Å². The predicted octanol–water partition coefficient (Wildman–Crippen LogP) is 3.71. The molecule has 164 valence electrons. The largest absolute Gasteiger partial charge is 0.495 e. The molecule has 32 heavy (non-hydrogen) atoms. The lowest BCUT2D eigenvalue weighted by Gasteiger charge is -2.12. The molecule has 4 aromatic rings. The number of methoxy groups -OCH3 is 1. The maximum Gasteiger partial charge on any atom is 0.265 e. The van der Waals surface area contributed by atoms with Gasteiger partial charge in [0.05, 0.1) is 7.11 Å². The van der Waals surface area contributed by atoms with Crippen molar-refractivity contribution in [2.24, 2.45) is 0 Å². The zero-order chi connectivity index (χ0) is 22.7. The molecule has 0 amide bonds. The van der Waals surface area contributed by atoms with E-state index in [4.69, 9.17) is 9.47 Å². The molecule has 0 aliphatic heterocycles. The number of hydrogen-bond acceptors (Lipinski definition) is 7. The number of nitrogens with one attached hydrogen (secondary N) is 1. The Kier molecular flexibility index (Phi) is 5.73. The maximum absolute atomic E-state index is 13.6. The highest BCUT2D eigenvalue weighted by molar-refractivity contribution is 7.92. The van der Waals surface area contributed by atoms with Crippen molar-refractivity contribution >= 4 is 15.7 Å². The van der Waals surface area contributed by atoms with Crippen LogP contribution in [0.1, 0.15) is 5.82 Å². The molecule has 2 aromatic carbocycles. The molecule has 0 bridgehead atoms. The lowest BCUT2D eigenvalue weighted by atomic mass is 10.3. The first-order valence-electron chi connectivity index (χ1n) is 9.32. The van der Waals surface area contributed by atoms with Crippen LogP contribution in [0.3, 0.4) is 0 Å². The zero-order valence-corrected chi connectivity index (χ0v) is 17.9. The molecular weight excluding hydrogens is 437 g/mol. The summed E-state index contributed by atoms with van der Waals surface area (Å²) in [5.41, 5.74) is 0.265. The predicted molar refractivity (Wildman–Crippen MR) is 114 cm³/mol. The summed E-state index contributed by atoms with van der Waals surface area (Å²) in [5, 5.41) is 0. The standard InChI is InChI=1S/C21H18FN5O4S/c1-14-24-20(27-10-9-23-13-27)12-21(25-14)31-17-6-4-16(5-7-17)26-32(28,29)19-11-15(22)3-8-18(19)30-2/h3-13,26H,1-2H3. The number of imidazole rings is 1. The first kappa shape index (κ1) is 21.2. The number of aromatic nitrogens is 4. The molecule has 2 aromatic heterocycles. The van der Waals surface area contributed by atoms with Gasteiger partial charge in [-0.3, -0.25) is 9.29 Å². The van der Waals surface area contributed by atoms with Gasteiger partial charge in [-0.05, 0) is 49.4 Å². The summed E-state index contributed by atoms with van der Waals surface area (Å²) in [5.74, 6) is 1.21. The first-order valence-corrected chi connectivity index (χ1v) is 10.8. The molecule has 0 unspecified atom stereocenters. The van der Waals surface area contributed by atoms with Crippen LogP contribution in [0, 0.1) is 12.7 Å². The maximum atomic E-state index is 13.6. The molecule has 0 fully saturated rings. The van der Waals surface area contributed by atoms with Crippen LogP contribution in [0.4, 0.5) is 10.1 Å². The van der Waals surface area contributed by atoms with E-state index in [0.29, 0.717) is 23.3 Å². The minimum absolute atomic E-state index is 0.0340. The van der Waals surface area contributed by atoms with Gasteiger partial charge in [0.1, 0.15) is 40.2 Å². The number of hydrogen-bond donors (Lipinski definition) is 1. The number of sulfonamides is 1. The first-order chi connectivity index (χ1) is 15.3. The molecule has 4 rings (SSSR count). The fraction of sp³-hybridized carbons (Fsp3) is 0.0952. The van der Waals surface area contributed by atoms with E-state index in [-0.39, 0.29) is 16.3 Å². The van der Waals surface area contributed by atoms with E-state index in [1.165, 1.54) is 25.3 Å². The third kappa shape index (κ3) is 4.67. The van der Waals surface area contributed by atoms with Crippen molar-refractivity contribution in [1.29, 1.82) is 0 Å². The van der Waals surface area contributed by atoms with Gasteiger partial charge in [0, 0.05) is 24.1 Å². The zero-order valence-electron chi connectivity index (χ0n) is 17.1. The molecule has 0 saturated carbocycles. The number of nitrogens with zero attached hydrogens (tertiary/aromatic N) is 4. The van der Waals surface area contributed by atoms with Gasteiger partial charge in [0.15, 0.2) is 0 Å². The Morgan fingerprint density at radius 1 is 1.06 bits per heavy atom. The highest BCUT2D eigenvalue weighted by atomic mass is 32.2. The van der Waals surface area contributed by atoms with Crippen molar-refractivity contribution in [3.63, 3.8) is 0 Å². The summed E-state index contributed by atoms with van der Waals surface area (Å²) < 4.78 is 53.9. The van der Waals surface area contributed by atoms with E-state index in [9.17, 15) is 12.8 Å². The Bertz CT molecular complexity index is 1340. The third-order valence-electron chi connectivity index (χ3n) is 4.31. The van der Waals surface area contributed by atoms with Crippen LogP contribution in [-0.2, 0) is 10.0 Å². The van der Waals surface area contributed by atoms with Gasteiger partial charge in [-0.25, -0.2) is 22.8 Å². The highest BCUT2D eigenvalue weighted by Crippen LogP contribution is 2.28. The molecular formula is C21H18FN5O4S. The molecule has 0 aliphatic rings. The monoisotopic (exact) mass is 455 g/mol. The van der Waals surface area contributed by atoms with Crippen molar-refractivity contribution < 1.29 is 22.3 Å². The number of aryl methyl sites for hydroxylation is 1. The van der Waals surface area contributed by atoms with Crippen molar-refractivity contribution in [1.82, 2.24) is 19.5 Å².